The van der Waals surface area contributed by atoms with Gasteiger partial charge in [-0.25, -0.2) is 23.5 Å². The number of anilines is 1. The number of methoxy groups -OCH3 is 1. The summed E-state index contributed by atoms with van der Waals surface area (Å²) in [6.45, 7) is 2.91. The smallest absolute Gasteiger partial charge is 0.338 e. The Bertz CT molecular complexity index is 1700. The maximum atomic E-state index is 15.2. The van der Waals surface area contributed by atoms with E-state index in [9.17, 15) is 9.59 Å². The minimum absolute atomic E-state index is 0.0139. The largest absolute Gasteiger partial charge is 0.493 e. The van der Waals surface area contributed by atoms with Gasteiger partial charge in [-0.2, -0.15) is 0 Å². The summed E-state index contributed by atoms with van der Waals surface area (Å²) in [5.41, 5.74) is 1.40. The van der Waals surface area contributed by atoms with Crippen molar-refractivity contribution in [2.24, 2.45) is 17.8 Å². The van der Waals surface area contributed by atoms with Crippen LogP contribution in [-0.4, -0.2) is 60.7 Å². The summed E-state index contributed by atoms with van der Waals surface area (Å²) in [5.74, 6) is 1.77. The van der Waals surface area contributed by atoms with E-state index >= 15 is 4.39 Å². The highest BCUT2D eigenvalue weighted by Crippen LogP contribution is 2.42. The number of thiol groups is 1. The summed E-state index contributed by atoms with van der Waals surface area (Å²) in [7, 11) is 3.74. The predicted octanol–water partition coefficient (Wildman–Crippen LogP) is 5.67. The number of hydrogen-bond donors (Lipinski definition) is 2. The standard InChI is InChI=1S/C33H34FN5O5S/c1-38-16-22-10-21(11-23(22)17-38)18-43-30-15-27-25(14-29(30)42-2)32(36-19-35-27)44-28-9-8-24(13-26(28)34)39(45)33(41)37-31(40)12-20-6-4-3-5-7-20/h3-9,13-15,19,21-23,45H,10-12,16-18H2,1-2H3,(H,37,40,41). The van der Waals surface area contributed by atoms with Gasteiger partial charge in [0.15, 0.2) is 23.1 Å². The lowest BCUT2D eigenvalue weighted by Crippen LogP contribution is -2.39. The van der Waals surface area contributed by atoms with Crippen LogP contribution in [0, 0.1) is 23.6 Å². The van der Waals surface area contributed by atoms with Crippen molar-refractivity contribution in [3.63, 3.8) is 0 Å². The molecular weight excluding hydrogens is 597 g/mol. The van der Waals surface area contributed by atoms with Gasteiger partial charge < -0.3 is 19.1 Å². The molecule has 45 heavy (non-hydrogen) atoms. The Morgan fingerprint density at radius 1 is 1.02 bits per heavy atom. The first-order chi connectivity index (χ1) is 21.8. The lowest BCUT2D eigenvalue weighted by atomic mass is 10.0. The van der Waals surface area contributed by atoms with Crippen LogP contribution in [-0.2, 0) is 11.2 Å². The third-order valence-electron chi connectivity index (χ3n) is 8.40. The highest BCUT2D eigenvalue weighted by atomic mass is 32.1. The number of nitrogens with one attached hydrogen (secondary N) is 1. The lowest BCUT2D eigenvalue weighted by molar-refractivity contribution is -0.119. The second-order valence-corrected chi connectivity index (χ2v) is 12.0. The average Bonchev–Trinajstić information content (AvgIpc) is 3.57. The fourth-order valence-electron chi connectivity index (χ4n) is 6.32. The van der Waals surface area contributed by atoms with Crippen molar-refractivity contribution in [3.8, 4) is 23.1 Å². The van der Waals surface area contributed by atoms with Crippen molar-refractivity contribution in [1.82, 2.24) is 20.2 Å². The topological polar surface area (TPSA) is 106 Å². The Morgan fingerprint density at radius 2 is 1.78 bits per heavy atom. The van der Waals surface area contributed by atoms with Gasteiger partial charge in [0.1, 0.15) is 6.33 Å². The van der Waals surface area contributed by atoms with E-state index in [0.29, 0.717) is 34.9 Å². The SMILES string of the molecule is COc1cc2c(Oc3ccc(N(S)C(=O)NC(=O)Cc4ccccc4)cc3F)ncnc2cc1OCC1CC2CN(C)CC2C1. The molecule has 2 atom stereocenters. The molecule has 1 aliphatic carbocycles. The number of aromatic nitrogens is 2. The number of fused-ring (bicyclic) bond motifs is 2. The molecule has 2 aliphatic rings. The number of benzene rings is 3. The molecule has 3 amide bonds. The van der Waals surface area contributed by atoms with Gasteiger partial charge in [-0.15, -0.1) is 0 Å². The van der Waals surface area contributed by atoms with E-state index in [4.69, 9.17) is 14.2 Å². The molecule has 234 valence electrons. The number of ether oxygens (including phenoxy) is 3. The summed E-state index contributed by atoms with van der Waals surface area (Å²) in [4.78, 5) is 35.8. The zero-order valence-electron chi connectivity index (χ0n) is 25.0. The highest BCUT2D eigenvalue weighted by molar-refractivity contribution is 7.82. The Labute approximate surface area is 266 Å². The summed E-state index contributed by atoms with van der Waals surface area (Å²) in [5, 5.41) is 2.76. The molecule has 2 unspecified atom stereocenters. The number of nitrogens with zero attached hydrogens (tertiary/aromatic N) is 4. The second-order valence-electron chi connectivity index (χ2n) is 11.6. The summed E-state index contributed by atoms with van der Waals surface area (Å²) in [6.07, 6.45) is 3.68. The van der Waals surface area contributed by atoms with Crippen molar-refractivity contribution in [1.29, 1.82) is 0 Å². The molecule has 2 heterocycles. The van der Waals surface area contributed by atoms with Crippen molar-refractivity contribution in [2.75, 3.05) is 38.2 Å². The maximum Gasteiger partial charge on any atom is 0.338 e. The van der Waals surface area contributed by atoms with E-state index in [1.807, 2.05) is 6.07 Å². The molecule has 1 aromatic heterocycles. The van der Waals surface area contributed by atoms with Crippen LogP contribution in [0.5, 0.6) is 23.1 Å². The van der Waals surface area contributed by atoms with E-state index in [2.05, 4.69) is 40.0 Å². The quantitative estimate of drug-likeness (QED) is 0.228. The van der Waals surface area contributed by atoms with Crippen LogP contribution in [0.25, 0.3) is 10.9 Å². The van der Waals surface area contributed by atoms with E-state index in [1.54, 1.807) is 43.5 Å². The number of halogens is 1. The molecule has 1 aliphatic heterocycles. The Balaban J connectivity index is 1.12. The first kappa shape index (κ1) is 30.6. The number of amides is 3. The third kappa shape index (κ3) is 6.97. The number of rotatable bonds is 9. The monoisotopic (exact) mass is 631 g/mol. The van der Waals surface area contributed by atoms with Gasteiger partial charge >= 0.3 is 6.03 Å². The zero-order chi connectivity index (χ0) is 31.5. The molecule has 6 rings (SSSR count). The molecule has 2 fully saturated rings. The maximum absolute atomic E-state index is 15.2. The molecule has 3 aromatic carbocycles. The van der Waals surface area contributed by atoms with Crippen LogP contribution in [0.15, 0.2) is 67.0 Å². The number of carbonyl (C=O) groups excluding carboxylic acids is 2. The van der Waals surface area contributed by atoms with E-state index in [0.717, 1.165) is 53.7 Å². The molecule has 1 saturated carbocycles. The fourth-order valence-corrected chi connectivity index (χ4v) is 6.50. The van der Waals surface area contributed by atoms with Gasteiger partial charge in [0, 0.05) is 25.2 Å². The summed E-state index contributed by atoms with van der Waals surface area (Å²) in [6, 6.07) is 15.5. The molecule has 0 spiro atoms. The molecule has 0 bridgehead atoms. The number of carbonyl (C=O) groups is 2. The van der Waals surface area contributed by atoms with E-state index in [1.165, 1.54) is 18.5 Å². The number of likely N-dealkylation sites (tertiary alicyclic amines) is 1. The van der Waals surface area contributed by atoms with Crippen molar-refractivity contribution >= 4 is 41.3 Å². The van der Waals surface area contributed by atoms with E-state index < -0.39 is 17.8 Å². The molecular formula is C33H34FN5O5S. The first-order valence-electron chi connectivity index (χ1n) is 14.8. The van der Waals surface area contributed by atoms with Gasteiger partial charge in [-0.3, -0.25) is 10.1 Å². The summed E-state index contributed by atoms with van der Waals surface area (Å²) >= 11 is 4.15. The van der Waals surface area contributed by atoms with Gasteiger partial charge in [0.25, 0.3) is 0 Å². The number of hydrogen-bond acceptors (Lipinski definition) is 9. The normalized spacial score (nSPS) is 19.2. The highest BCUT2D eigenvalue weighted by Gasteiger charge is 2.39. The van der Waals surface area contributed by atoms with Crippen LogP contribution in [0.1, 0.15) is 18.4 Å². The fraction of sp³-hybridized carbons (Fsp3) is 0.333. The molecule has 1 saturated heterocycles. The average molecular weight is 632 g/mol. The predicted molar refractivity (Wildman–Crippen MR) is 170 cm³/mol. The van der Waals surface area contributed by atoms with Crippen LogP contribution in [0.2, 0.25) is 0 Å². The first-order valence-corrected chi connectivity index (χ1v) is 15.2. The Morgan fingerprint density at radius 3 is 2.49 bits per heavy atom. The second kappa shape index (κ2) is 13.3. The van der Waals surface area contributed by atoms with Crippen molar-refractivity contribution in [2.45, 2.75) is 19.3 Å². The minimum Gasteiger partial charge on any atom is -0.493 e. The lowest BCUT2D eigenvalue weighted by Gasteiger charge is -2.18. The summed E-state index contributed by atoms with van der Waals surface area (Å²) < 4.78 is 33.8. The van der Waals surface area contributed by atoms with Crippen LogP contribution in [0.3, 0.4) is 0 Å². The third-order valence-corrected chi connectivity index (χ3v) is 8.82. The van der Waals surface area contributed by atoms with Gasteiger partial charge in [-0.1, -0.05) is 43.1 Å². The van der Waals surface area contributed by atoms with Gasteiger partial charge in [-0.05, 0) is 61.4 Å². The van der Waals surface area contributed by atoms with Crippen molar-refractivity contribution < 1.29 is 28.2 Å². The molecule has 12 heteroatoms. The van der Waals surface area contributed by atoms with Crippen LogP contribution >= 0.6 is 12.8 Å². The van der Waals surface area contributed by atoms with Gasteiger partial charge in [0.2, 0.25) is 11.8 Å². The van der Waals surface area contributed by atoms with Crippen LogP contribution < -0.4 is 23.8 Å². The molecule has 0 radical (unpaired) electrons. The molecule has 10 nitrogen and oxygen atoms in total. The van der Waals surface area contributed by atoms with Crippen molar-refractivity contribution in [3.05, 3.63) is 78.4 Å². The Kier molecular flexibility index (Phi) is 9.04. The minimum atomic E-state index is -0.817. The molecule has 1 N–H and O–H groups in total. The number of imide groups is 1. The Hall–Kier alpha value is -4.42. The van der Waals surface area contributed by atoms with Gasteiger partial charge in [0.05, 0.1) is 36.7 Å². The zero-order valence-corrected chi connectivity index (χ0v) is 25.9. The molecule has 4 aromatic rings. The number of urea groups is 1. The van der Waals surface area contributed by atoms with Crippen LogP contribution in [0.4, 0.5) is 14.9 Å². The van der Waals surface area contributed by atoms with E-state index in [-0.39, 0.29) is 23.7 Å².